The highest BCUT2D eigenvalue weighted by atomic mass is 35.5. The molecular weight excluding hydrogens is 240 g/mol. The van der Waals surface area contributed by atoms with E-state index in [1.54, 1.807) is 30.5 Å². The van der Waals surface area contributed by atoms with Gasteiger partial charge in [-0.1, -0.05) is 11.6 Å². The first-order valence-electron chi connectivity index (χ1n) is 4.74. The molecule has 84 valence electrons. The fourth-order valence-electron chi connectivity index (χ4n) is 1.56. The van der Waals surface area contributed by atoms with Gasteiger partial charge in [-0.3, -0.25) is 0 Å². The minimum Gasteiger partial charge on any atom is -0.477 e. The van der Waals surface area contributed by atoms with Gasteiger partial charge in [0.2, 0.25) is 0 Å². The van der Waals surface area contributed by atoms with Crippen LogP contribution in [0.4, 0.5) is 0 Å². The van der Waals surface area contributed by atoms with Gasteiger partial charge in [-0.05, 0) is 30.3 Å². The molecule has 0 aliphatic heterocycles. The van der Waals surface area contributed by atoms with Crippen LogP contribution in [-0.4, -0.2) is 15.6 Å². The molecule has 0 fully saturated rings. The Bertz CT molecular complexity index is 608. The van der Waals surface area contributed by atoms with E-state index >= 15 is 0 Å². The molecular formula is C12H7ClN2O2. The normalized spacial score (nSPS) is 9.88. The number of carboxylic acids is 1. The lowest BCUT2D eigenvalue weighted by molar-refractivity contribution is 0.0688. The molecule has 0 radical (unpaired) electrons. The number of aromatic carboxylic acids is 1. The molecule has 0 aliphatic rings. The van der Waals surface area contributed by atoms with E-state index in [1.807, 2.05) is 6.07 Å². The maximum Gasteiger partial charge on any atom is 0.354 e. The molecule has 1 aromatic heterocycles. The monoisotopic (exact) mass is 246 g/mol. The number of nitrogens with zero attached hydrogens (tertiary/aromatic N) is 2. The molecule has 17 heavy (non-hydrogen) atoms. The first-order chi connectivity index (χ1) is 8.13. The zero-order valence-corrected chi connectivity index (χ0v) is 9.35. The van der Waals surface area contributed by atoms with Crippen molar-refractivity contribution in [1.82, 2.24) is 4.57 Å². The Kier molecular flexibility index (Phi) is 2.86. The maximum atomic E-state index is 11.1. The second kappa shape index (κ2) is 4.32. The van der Waals surface area contributed by atoms with E-state index in [1.165, 1.54) is 10.6 Å². The highest BCUT2D eigenvalue weighted by molar-refractivity contribution is 6.30. The Balaban J connectivity index is 2.60. The van der Waals surface area contributed by atoms with Gasteiger partial charge in [0.1, 0.15) is 11.8 Å². The number of aromatic nitrogens is 1. The summed E-state index contributed by atoms with van der Waals surface area (Å²) in [5, 5.41) is 18.5. The molecule has 2 rings (SSSR count). The molecule has 1 heterocycles. The summed E-state index contributed by atoms with van der Waals surface area (Å²) >= 11 is 5.76. The van der Waals surface area contributed by atoms with Gasteiger partial charge in [-0.25, -0.2) is 4.79 Å². The lowest BCUT2D eigenvalue weighted by atomic mass is 10.2. The van der Waals surface area contributed by atoms with Crippen LogP contribution in [-0.2, 0) is 0 Å². The fraction of sp³-hybridized carbons (Fsp3) is 0. The van der Waals surface area contributed by atoms with Gasteiger partial charge in [0.25, 0.3) is 0 Å². The SMILES string of the molecule is N#Cc1ccn(-c2ccc(Cl)cc2)c1C(=O)O. The number of nitriles is 1. The molecule has 2 aromatic rings. The lowest BCUT2D eigenvalue weighted by Gasteiger charge is -2.06. The van der Waals surface area contributed by atoms with E-state index in [4.69, 9.17) is 22.0 Å². The molecule has 0 aliphatic carbocycles. The van der Waals surface area contributed by atoms with Crippen molar-refractivity contribution >= 4 is 17.6 Å². The number of hydrogen-bond acceptors (Lipinski definition) is 2. The molecule has 0 amide bonds. The molecule has 0 saturated heterocycles. The van der Waals surface area contributed by atoms with E-state index in [-0.39, 0.29) is 11.3 Å². The Hall–Kier alpha value is -2.25. The minimum atomic E-state index is -1.14. The van der Waals surface area contributed by atoms with E-state index in [2.05, 4.69) is 0 Å². The number of carboxylic acid groups (broad SMARTS) is 1. The molecule has 0 unspecified atom stereocenters. The molecule has 0 spiro atoms. The van der Waals surface area contributed by atoms with Crippen molar-refractivity contribution < 1.29 is 9.90 Å². The minimum absolute atomic E-state index is 0.0465. The predicted molar refractivity (Wildman–Crippen MR) is 62.5 cm³/mol. The van der Waals surface area contributed by atoms with Gasteiger partial charge in [-0.2, -0.15) is 5.26 Å². The Morgan fingerprint density at radius 2 is 1.94 bits per heavy atom. The summed E-state index contributed by atoms with van der Waals surface area (Å²) in [4.78, 5) is 11.1. The van der Waals surface area contributed by atoms with Gasteiger partial charge >= 0.3 is 5.97 Å². The number of benzene rings is 1. The summed E-state index contributed by atoms with van der Waals surface area (Å²) in [6.45, 7) is 0. The lowest BCUT2D eigenvalue weighted by Crippen LogP contribution is -2.07. The van der Waals surface area contributed by atoms with Crippen LogP contribution >= 0.6 is 11.6 Å². The number of halogens is 1. The van der Waals surface area contributed by atoms with Gasteiger partial charge in [0.05, 0.1) is 5.56 Å². The number of rotatable bonds is 2. The van der Waals surface area contributed by atoms with Crippen molar-refractivity contribution in [3.05, 3.63) is 52.8 Å². The topological polar surface area (TPSA) is 66.0 Å². The fourth-order valence-corrected chi connectivity index (χ4v) is 1.68. The number of hydrogen-bond donors (Lipinski definition) is 1. The van der Waals surface area contributed by atoms with Crippen LogP contribution in [0.1, 0.15) is 16.1 Å². The zero-order chi connectivity index (χ0) is 12.4. The van der Waals surface area contributed by atoms with E-state index in [0.29, 0.717) is 10.7 Å². The first-order valence-corrected chi connectivity index (χ1v) is 5.12. The van der Waals surface area contributed by atoms with Gasteiger partial charge in [0.15, 0.2) is 0 Å². The summed E-state index contributed by atoms with van der Waals surface area (Å²) in [6, 6.07) is 10.0. The van der Waals surface area contributed by atoms with Crippen molar-refractivity contribution in [2.75, 3.05) is 0 Å². The van der Waals surface area contributed by atoms with Crippen molar-refractivity contribution in [3.63, 3.8) is 0 Å². The Morgan fingerprint density at radius 3 is 2.47 bits per heavy atom. The van der Waals surface area contributed by atoms with E-state index < -0.39 is 5.97 Å². The molecule has 1 N–H and O–H groups in total. The molecule has 5 heteroatoms. The number of carbonyl (C=O) groups is 1. The third-order valence-corrected chi connectivity index (χ3v) is 2.57. The van der Waals surface area contributed by atoms with Crippen LogP contribution in [0.25, 0.3) is 5.69 Å². The van der Waals surface area contributed by atoms with Crippen LogP contribution in [0.2, 0.25) is 5.02 Å². The molecule has 4 nitrogen and oxygen atoms in total. The Morgan fingerprint density at radius 1 is 1.29 bits per heavy atom. The second-order valence-electron chi connectivity index (χ2n) is 3.34. The van der Waals surface area contributed by atoms with Crippen LogP contribution < -0.4 is 0 Å². The predicted octanol–water partition coefficient (Wildman–Crippen LogP) is 2.70. The second-order valence-corrected chi connectivity index (χ2v) is 3.78. The summed E-state index contributed by atoms with van der Waals surface area (Å²) < 4.78 is 1.44. The summed E-state index contributed by atoms with van der Waals surface area (Å²) in [6.07, 6.45) is 1.55. The van der Waals surface area contributed by atoms with Crippen LogP contribution in [0.5, 0.6) is 0 Å². The smallest absolute Gasteiger partial charge is 0.354 e. The largest absolute Gasteiger partial charge is 0.477 e. The van der Waals surface area contributed by atoms with Crippen molar-refractivity contribution in [3.8, 4) is 11.8 Å². The van der Waals surface area contributed by atoms with Crippen molar-refractivity contribution in [2.45, 2.75) is 0 Å². The average molecular weight is 247 g/mol. The summed E-state index contributed by atoms with van der Waals surface area (Å²) in [5.74, 6) is -1.14. The Labute approximate surface area is 102 Å². The van der Waals surface area contributed by atoms with E-state index in [0.717, 1.165) is 0 Å². The average Bonchev–Trinajstić information content (AvgIpc) is 2.73. The van der Waals surface area contributed by atoms with Crippen LogP contribution in [0.15, 0.2) is 36.5 Å². The van der Waals surface area contributed by atoms with E-state index in [9.17, 15) is 4.79 Å². The van der Waals surface area contributed by atoms with Crippen LogP contribution in [0.3, 0.4) is 0 Å². The van der Waals surface area contributed by atoms with Crippen molar-refractivity contribution in [1.29, 1.82) is 5.26 Å². The zero-order valence-electron chi connectivity index (χ0n) is 8.59. The van der Waals surface area contributed by atoms with Crippen LogP contribution in [0, 0.1) is 11.3 Å². The van der Waals surface area contributed by atoms with Gasteiger partial charge < -0.3 is 9.67 Å². The summed E-state index contributed by atoms with van der Waals surface area (Å²) in [5.41, 5.74) is 0.732. The quantitative estimate of drug-likeness (QED) is 0.886. The highest BCUT2D eigenvalue weighted by Gasteiger charge is 2.16. The molecule has 0 bridgehead atoms. The summed E-state index contributed by atoms with van der Waals surface area (Å²) in [7, 11) is 0. The maximum absolute atomic E-state index is 11.1. The molecule has 1 aromatic carbocycles. The van der Waals surface area contributed by atoms with Crippen molar-refractivity contribution in [2.24, 2.45) is 0 Å². The third kappa shape index (κ3) is 2.01. The molecule has 0 saturated carbocycles. The van der Waals surface area contributed by atoms with Gasteiger partial charge in [0, 0.05) is 16.9 Å². The molecule has 0 atom stereocenters. The van der Waals surface area contributed by atoms with Gasteiger partial charge in [-0.15, -0.1) is 0 Å². The standard InChI is InChI=1S/C12H7ClN2O2/c13-9-1-3-10(4-2-9)15-6-5-8(7-14)11(15)12(16)17/h1-6H,(H,16,17). The highest BCUT2D eigenvalue weighted by Crippen LogP contribution is 2.19. The third-order valence-electron chi connectivity index (χ3n) is 2.31. The first kappa shape index (κ1) is 11.2.